The van der Waals surface area contributed by atoms with Crippen molar-refractivity contribution in [3.8, 4) is 0 Å². The van der Waals surface area contributed by atoms with Crippen LogP contribution in [0.4, 0.5) is 0 Å². The monoisotopic (exact) mass is 345 g/mol. The maximum absolute atomic E-state index is 13.1. The van der Waals surface area contributed by atoms with Gasteiger partial charge in [0.25, 0.3) is 5.91 Å². The minimum atomic E-state index is -0.560. The van der Waals surface area contributed by atoms with Crippen molar-refractivity contribution in [2.45, 2.75) is 42.9 Å². The SMILES string of the molecule is CSc1nc(C(=O)N2CC[C@@]3(O)CCCC[C@H]3C2)c2ccccn12. The summed E-state index contributed by atoms with van der Waals surface area (Å²) in [5, 5.41) is 11.6. The Kier molecular flexibility index (Phi) is 4.04. The molecule has 2 atom stereocenters. The Labute approximate surface area is 146 Å². The number of rotatable bonds is 2. The molecule has 1 aliphatic heterocycles. The molecule has 1 N–H and O–H groups in total. The lowest BCUT2D eigenvalue weighted by molar-refractivity contribution is -0.0886. The Hall–Kier alpha value is -1.53. The smallest absolute Gasteiger partial charge is 0.274 e. The Morgan fingerprint density at radius 2 is 2.25 bits per heavy atom. The van der Waals surface area contributed by atoms with E-state index >= 15 is 0 Å². The van der Waals surface area contributed by atoms with Crippen LogP contribution in [-0.2, 0) is 0 Å². The van der Waals surface area contributed by atoms with E-state index in [1.54, 1.807) is 11.8 Å². The first-order valence-electron chi connectivity index (χ1n) is 8.65. The first kappa shape index (κ1) is 16.0. The van der Waals surface area contributed by atoms with Gasteiger partial charge in [0.2, 0.25) is 0 Å². The molecule has 3 heterocycles. The van der Waals surface area contributed by atoms with Crippen LogP contribution in [0.2, 0.25) is 0 Å². The molecule has 1 amide bonds. The second-order valence-corrected chi connectivity index (χ2v) is 7.72. The van der Waals surface area contributed by atoms with Crippen LogP contribution in [0.25, 0.3) is 5.52 Å². The molecule has 0 bridgehead atoms. The molecule has 0 aromatic carbocycles. The zero-order valence-corrected chi connectivity index (χ0v) is 14.8. The second kappa shape index (κ2) is 6.08. The van der Waals surface area contributed by atoms with Gasteiger partial charge >= 0.3 is 0 Å². The van der Waals surface area contributed by atoms with E-state index in [0.717, 1.165) is 36.4 Å². The van der Waals surface area contributed by atoms with E-state index in [4.69, 9.17) is 0 Å². The van der Waals surface area contributed by atoms with Gasteiger partial charge in [0, 0.05) is 25.2 Å². The number of aromatic nitrogens is 2. The van der Waals surface area contributed by atoms with Gasteiger partial charge in [0.15, 0.2) is 10.9 Å². The summed E-state index contributed by atoms with van der Waals surface area (Å²) in [4.78, 5) is 19.6. The molecule has 2 fully saturated rings. The van der Waals surface area contributed by atoms with Gasteiger partial charge in [-0.1, -0.05) is 30.7 Å². The van der Waals surface area contributed by atoms with Crippen LogP contribution in [0.15, 0.2) is 29.6 Å². The molecule has 2 aromatic heterocycles. The molecule has 1 aliphatic carbocycles. The molecule has 6 heteroatoms. The molecule has 2 aromatic rings. The van der Waals surface area contributed by atoms with Crippen molar-refractivity contribution in [2.75, 3.05) is 19.3 Å². The van der Waals surface area contributed by atoms with E-state index in [1.807, 2.05) is 40.0 Å². The first-order chi connectivity index (χ1) is 11.6. The van der Waals surface area contributed by atoms with Gasteiger partial charge in [-0.15, -0.1) is 0 Å². The Balaban J connectivity index is 1.63. The number of likely N-dealkylation sites (tertiary alicyclic amines) is 1. The number of hydrogen-bond donors (Lipinski definition) is 1. The number of amides is 1. The number of pyridine rings is 1. The molecule has 1 saturated carbocycles. The minimum absolute atomic E-state index is 0.00776. The lowest BCUT2D eigenvalue weighted by atomic mass is 9.71. The maximum atomic E-state index is 13.1. The lowest BCUT2D eigenvalue weighted by Crippen LogP contribution is -2.54. The lowest BCUT2D eigenvalue weighted by Gasteiger charge is -2.47. The van der Waals surface area contributed by atoms with Crippen LogP contribution in [-0.4, -0.2) is 50.2 Å². The van der Waals surface area contributed by atoms with Crippen molar-refractivity contribution >= 4 is 23.2 Å². The highest BCUT2D eigenvalue weighted by atomic mass is 32.2. The van der Waals surface area contributed by atoms with E-state index in [-0.39, 0.29) is 11.8 Å². The summed E-state index contributed by atoms with van der Waals surface area (Å²) in [6, 6.07) is 5.83. The molecule has 0 radical (unpaired) electrons. The number of nitrogens with zero attached hydrogens (tertiary/aromatic N) is 3. The van der Waals surface area contributed by atoms with Gasteiger partial charge < -0.3 is 10.0 Å². The number of carbonyl (C=O) groups is 1. The first-order valence-corrected chi connectivity index (χ1v) is 9.87. The predicted octanol–water partition coefficient (Wildman–Crippen LogP) is 2.82. The van der Waals surface area contributed by atoms with E-state index in [0.29, 0.717) is 25.2 Å². The van der Waals surface area contributed by atoms with E-state index < -0.39 is 5.60 Å². The third-order valence-electron chi connectivity index (χ3n) is 5.62. The summed E-state index contributed by atoms with van der Waals surface area (Å²) in [7, 11) is 0. The molecule has 4 rings (SSSR count). The van der Waals surface area contributed by atoms with Crippen molar-refractivity contribution in [1.29, 1.82) is 0 Å². The quantitative estimate of drug-likeness (QED) is 0.851. The van der Waals surface area contributed by atoms with Crippen molar-refractivity contribution in [3.63, 3.8) is 0 Å². The van der Waals surface area contributed by atoms with Crippen molar-refractivity contribution in [1.82, 2.24) is 14.3 Å². The fraction of sp³-hybridized carbons (Fsp3) is 0.556. The highest BCUT2D eigenvalue weighted by molar-refractivity contribution is 7.98. The summed E-state index contributed by atoms with van der Waals surface area (Å²) >= 11 is 1.54. The van der Waals surface area contributed by atoms with Crippen LogP contribution in [0.5, 0.6) is 0 Å². The highest BCUT2D eigenvalue weighted by Crippen LogP contribution is 2.40. The van der Waals surface area contributed by atoms with Gasteiger partial charge in [-0.2, -0.15) is 0 Å². The third kappa shape index (κ3) is 2.52. The molecular formula is C18H23N3O2S. The average Bonchev–Trinajstić information content (AvgIpc) is 2.99. The average molecular weight is 345 g/mol. The molecule has 0 spiro atoms. The summed E-state index contributed by atoms with van der Waals surface area (Å²) < 4.78 is 1.97. The molecule has 24 heavy (non-hydrogen) atoms. The Morgan fingerprint density at radius 1 is 1.38 bits per heavy atom. The number of aliphatic hydroxyl groups is 1. The zero-order valence-electron chi connectivity index (χ0n) is 13.9. The Bertz CT molecular complexity index is 775. The van der Waals surface area contributed by atoms with Gasteiger partial charge in [-0.3, -0.25) is 9.20 Å². The van der Waals surface area contributed by atoms with Crippen LogP contribution < -0.4 is 0 Å². The van der Waals surface area contributed by atoms with Gasteiger partial charge in [0.05, 0.1) is 11.1 Å². The van der Waals surface area contributed by atoms with Gasteiger partial charge in [-0.05, 0) is 37.7 Å². The molecule has 128 valence electrons. The standard InChI is InChI=1S/C18H23N3O2S/c1-24-17-19-15(14-7-3-5-10-21(14)17)16(22)20-11-9-18(23)8-4-2-6-13(18)12-20/h3,5,7,10,13,23H,2,4,6,8-9,11-12H2,1H3/t13-,18-/m0/s1. The summed E-state index contributed by atoms with van der Waals surface area (Å²) in [6.45, 7) is 1.27. The van der Waals surface area contributed by atoms with Crippen LogP contribution in [0.1, 0.15) is 42.6 Å². The zero-order chi connectivity index (χ0) is 16.7. The fourth-order valence-electron chi connectivity index (χ4n) is 4.22. The number of carbonyl (C=O) groups excluding carboxylic acids is 1. The van der Waals surface area contributed by atoms with Crippen molar-refractivity contribution < 1.29 is 9.90 Å². The molecule has 0 unspecified atom stereocenters. The number of fused-ring (bicyclic) bond motifs is 2. The van der Waals surface area contributed by atoms with Crippen LogP contribution in [0.3, 0.4) is 0 Å². The fourth-order valence-corrected chi connectivity index (χ4v) is 4.75. The van der Waals surface area contributed by atoms with Crippen LogP contribution >= 0.6 is 11.8 Å². The number of hydrogen-bond acceptors (Lipinski definition) is 4. The topological polar surface area (TPSA) is 57.8 Å². The molecule has 5 nitrogen and oxygen atoms in total. The third-order valence-corrected chi connectivity index (χ3v) is 6.27. The summed E-state index contributed by atoms with van der Waals surface area (Å²) in [5.74, 6) is 0.199. The molecule has 2 aliphatic rings. The summed E-state index contributed by atoms with van der Waals surface area (Å²) in [5.41, 5.74) is 0.827. The second-order valence-electron chi connectivity index (χ2n) is 6.95. The van der Waals surface area contributed by atoms with Crippen molar-refractivity contribution in [3.05, 3.63) is 30.1 Å². The molecular weight excluding hydrogens is 322 g/mol. The van der Waals surface area contributed by atoms with Crippen LogP contribution in [0, 0.1) is 5.92 Å². The van der Waals surface area contributed by atoms with E-state index in [9.17, 15) is 9.90 Å². The number of piperidine rings is 1. The van der Waals surface area contributed by atoms with Crippen molar-refractivity contribution in [2.24, 2.45) is 5.92 Å². The normalized spacial score (nSPS) is 27.2. The molecule has 1 saturated heterocycles. The predicted molar refractivity (Wildman–Crippen MR) is 94.4 cm³/mol. The highest BCUT2D eigenvalue weighted by Gasteiger charge is 2.44. The number of thioether (sulfide) groups is 1. The Morgan fingerprint density at radius 3 is 3.08 bits per heavy atom. The van der Waals surface area contributed by atoms with E-state index in [2.05, 4.69) is 4.98 Å². The number of imidazole rings is 1. The summed E-state index contributed by atoms with van der Waals surface area (Å²) in [6.07, 6.45) is 8.75. The largest absolute Gasteiger partial charge is 0.389 e. The van der Waals surface area contributed by atoms with E-state index in [1.165, 1.54) is 0 Å². The van der Waals surface area contributed by atoms with Gasteiger partial charge in [-0.25, -0.2) is 4.98 Å². The maximum Gasteiger partial charge on any atom is 0.274 e. The minimum Gasteiger partial charge on any atom is -0.389 e. The van der Waals surface area contributed by atoms with Gasteiger partial charge in [0.1, 0.15) is 0 Å².